The Kier molecular flexibility index (Phi) is 8.62. The molecule has 3 aromatic carbocycles. The van der Waals surface area contributed by atoms with Crippen LogP contribution >= 0.6 is 0 Å². The molecule has 1 spiro atoms. The second kappa shape index (κ2) is 12.8. The topological polar surface area (TPSA) is 57.0 Å². The molecular weight excluding hydrogens is 558 g/mol. The fraction of sp³-hybridized carbons (Fsp3) is 0.514. The van der Waals surface area contributed by atoms with Gasteiger partial charge in [-0.2, -0.15) is 0 Å². The molecular formula is C37H44F2N2O3. The number of hydrogen-bond donors (Lipinski definition) is 1. The van der Waals surface area contributed by atoms with Gasteiger partial charge >= 0.3 is 0 Å². The number of likely N-dealkylation sites (tertiary alicyclic amines) is 1. The molecule has 3 aliphatic heterocycles. The fourth-order valence-electron chi connectivity index (χ4n) is 8.01. The molecule has 7 heteroatoms. The Morgan fingerprint density at radius 3 is 2.14 bits per heavy atom. The monoisotopic (exact) mass is 602 g/mol. The molecule has 2 atom stereocenters. The van der Waals surface area contributed by atoms with Gasteiger partial charge in [0.15, 0.2) is 11.5 Å². The summed E-state index contributed by atoms with van der Waals surface area (Å²) >= 11 is 0. The van der Waals surface area contributed by atoms with Crippen LogP contribution in [0.3, 0.4) is 0 Å². The molecule has 0 aromatic heterocycles. The second-order valence-electron chi connectivity index (χ2n) is 13.2. The van der Waals surface area contributed by atoms with Crippen molar-refractivity contribution in [2.75, 3.05) is 26.2 Å². The molecule has 5 nitrogen and oxygen atoms in total. The van der Waals surface area contributed by atoms with Gasteiger partial charge in [-0.25, -0.2) is 8.78 Å². The van der Waals surface area contributed by atoms with Gasteiger partial charge in [0.25, 0.3) is 5.79 Å². The molecule has 4 aliphatic rings. The smallest absolute Gasteiger partial charge is 0.251 e. The lowest BCUT2D eigenvalue weighted by Crippen LogP contribution is -2.42. The van der Waals surface area contributed by atoms with Crippen molar-refractivity contribution in [1.82, 2.24) is 4.90 Å². The molecule has 7 rings (SSSR count). The van der Waals surface area contributed by atoms with E-state index in [0.29, 0.717) is 12.5 Å². The van der Waals surface area contributed by atoms with E-state index in [0.717, 1.165) is 106 Å². The van der Waals surface area contributed by atoms with Gasteiger partial charge in [-0.1, -0.05) is 36.8 Å². The van der Waals surface area contributed by atoms with Crippen LogP contribution in [0.25, 0.3) is 0 Å². The van der Waals surface area contributed by atoms with E-state index >= 15 is 0 Å². The summed E-state index contributed by atoms with van der Waals surface area (Å²) in [6.45, 7) is 3.54. The van der Waals surface area contributed by atoms with Gasteiger partial charge in [0, 0.05) is 37.3 Å². The van der Waals surface area contributed by atoms with Crippen molar-refractivity contribution < 1.29 is 23.0 Å². The number of benzene rings is 3. The molecule has 3 aromatic rings. The lowest BCUT2D eigenvalue weighted by atomic mass is 9.83. The average molecular weight is 603 g/mol. The molecule has 1 aliphatic carbocycles. The van der Waals surface area contributed by atoms with Gasteiger partial charge < -0.3 is 24.8 Å². The highest BCUT2D eigenvalue weighted by Gasteiger charge is 2.45. The molecule has 2 fully saturated rings. The van der Waals surface area contributed by atoms with E-state index in [-0.39, 0.29) is 29.8 Å². The van der Waals surface area contributed by atoms with E-state index in [9.17, 15) is 8.78 Å². The summed E-state index contributed by atoms with van der Waals surface area (Å²) in [5, 5.41) is 0. The van der Waals surface area contributed by atoms with Crippen LogP contribution in [-0.4, -0.2) is 43.0 Å². The number of rotatable bonds is 8. The molecule has 1 saturated heterocycles. The maximum atomic E-state index is 13.6. The van der Waals surface area contributed by atoms with Crippen LogP contribution in [0.2, 0.25) is 0 Å². The van der Waals surface area contributed by atoms with E-state index in [2.05, 4.69) is 17.0 Å². The highest BCUT2D eigenvalue weighted by Crippen LogP contribution is 2.51. The number of fused-ring (bicyclic) bond motifs is 3. The molecule has 3 heterocycles. The third-order valence-electron chi connectivity index (χ3n) is 10.4. The third kappa shape index (κ3) is 6.11. The summed E-state index contributed by atoms with van der Waals surface area (Å²) in [7, 11) is 0. The molecule has 0 radical (unpaired) electrons. The number of piperidine rings is 1. The highest BCUT2D eigenvalue weighted by atomic mass is 19.1. The summed E-state index contributed by atoms with van der Waals surface area (Å²) in [6.07, 6.45) is 10.4. The summed E-state index contributed by atoms with van der Waals surface area (Å²) in [4.78, 5) is 2.56. The van der Waals surface area contributed by atoms with E-state index < -0.39 is 5.79 Å². The van der Waals surface area contributed by atoms with Crippen molar-refractivity contribution in [2.24, 2.45) is 11.7 Å². The predicted octanol–water partition coefficient (Wildman–Crippen LogP) is 7.66. The minimum atomic E-state index is -0.487. The van der Waals surface area contributed by atoms with Crippen LogP contribution in [0, 0.1) is 17.6 Å². The lowest BCUT2D eigenvalue weighted by molar-refractivity contribution is -0.106. The minimum Gasteiger partial charge on any atom is -0.448 e. The van der Waals surface area contributed by atoms with Crippen LogP contribution in [0.15, 0.2) is 60.7 Å². The van der Waals surface area contributed by atoms with Gasteiger partial charge in [-0.3, -0.25) is 0 Å². The average Bonchev–Trinajstić information content (AvgIpc) is 3.42. The number of hydrogen-bond acceptors (Lipinski definition) is 5. The van der Waals surface area contributed by atoms with Crippen LogP contribution in [0.1, 0.15) is 92.1 Å². The Balaban J connectivity index is 0.968. The van der Waals surface area contributed by atoms with Crippen LogP contribution in [-0.2, 0) is 11.2 Å². The van der Waals surface area contributed by atoms with E-state index in [1.165, 1.54) is 36.2 Å². The van der Waals surface area contributed by atoms with Crippen molar-refractivity contribution in [3.05, 3.63) is 94.6 Å². The van der Waals surface area contributed by atoms with E-state index in [4.69, 9.17) is 19.9 Å². The first-order valence-corrected chi connectivity index (χ1v) is 16.6. The van der Waals surface area contributed by atoms with Gasteiger partial charge in [-0.05, 0) is 111 Å². The normalized spacial score (nSPS) is 23.3. The van der Waals surface area contributed by atoms with Crippen LogP contribution < -0.4 is 15.2 Å². The van der Waals surface area contributed by atoms with Gasteiger partial charge in [0.05, 0.1) is 12.2 Å². The van der Waals surface area contributed by atoms with E-state index in [1.807, 2.05) is 24.3 Å². The summed E-state index contributed by atoms with van der Waals surface area (Å²) in [6, 6.07) is 17.7. The Bertz CT molecular complexity index is 1370. The first kappa shape index (κ1) is 29.7. The summed E-state index contributed by atoms with van der Waals surface area (Å²) in [5.74, 6) is 1.44. The third-order valence-corrected chi connectivity index (χ3v) is 10.4. The SMILES string of the molecule is NC[C@H]1O[C@@H](C2CCN(CCCC(c3ccc(F)cc3)c3ccc(F)cc3)CC2)Cc2c1ccc1c2OC2(CCCCC2)O1. The molecule has 0 amide bonds. The molecule has 0 bridgehead atoms. The zero-order chi connectivity index (χ0) is 30.1. The number of halogens is 2. The number of ether oxygens (including phenoxy) is 3. The van der Waals surface area contributed by atoms with Crippen molar-refractivity contribution in [1.29, 1.82) is 0 Å². The van der Waals surface area contributed by atoms with Crippen LogP contribution in [0.4, 0.5) is 8.78 Å². The molecule has 44 heavy (non-hydrogen) atoms. The Hall–Kier alpha value is -3.00. The maximum absolute atomic E-state index is 13.6. The largest absolute Gasteiger partial charge is 0.448 e. The van der Waals surface area contributed by atoms with Gasteiger partial charge in [-0.15, -0.1) is 0 Å². The highest BCUT2D eigenvalue weighted by molar-refractivity contribution is 5.55. The zero-order valence-corrected chi connectivity index (χ0v) is 25.5. The van der Waals surface area contributed by atoms with Gasteiger partial charge in [0.2, 0.25) is 0 Å². The van der Waals surface area contributed by atoms with Crippen molar-refractivity contribution in [3.8, 4) is 11.5 Å². The molecule has 1 saturated carbocycles. The quantitative estimate of drug-likeness (QED) is 0.287. The molecule has 2 N–H and O–H groups in total. The molecule has 0 unspecified atom stereocenters. The van der Waals surface area contributed by atoms with Crippen LogP contribution in [0.5, 0.6) is 11.5 Å². The van der Waals surface area contributed by atoms with Gasteiger partial charge in [0.1, 0.15) is 11.6 Å². The first-order chi connectivity index (χ1) is 21.5. The Morgan fingerprint density at radius 2 is 1.50 bits per heavy atom. The maximum Gasteiger partial charge on any atom is 0.251 e. The Labute approximate surface area is 259 Å². The number of nitrogens with two attached hydrogens (primary N) is 1. The summed E-state index contributed by atoms with van der Waals surface area (Å²) in [5.41, 5.74) is 10.8. The summed E-state index contributed by atoms with van der Waals surface area (Å²) < 4.78 is 47.0. The van der Waals surface area contributed by atoms with Crippen molar-refractivity contribution in [3.63, 3.8) is 0 Å². The predicted molar refractivity (Wildman–Crippen MR) is 167 cm³/mol. The molecule has 234 valence electrons. The van der Waals surface area contributed by atoms with E-state index in [1.54, 1.807) is 0 Å². The zero-order valence-electron chi connectivity index (χ0n) is 25.5. The van der Waals surface area contributed by atoms with Crippen molar-refractivity contribution in [2.45, 2.75) is 88.1 Å². The lowest BCUT2D eigenvalue weighted by Gasteiger charge is -2.40. The van der Waals surface area contributed by atoms with Crippen molar-refractivity contribution >= 4 is 0 Å². The fourth-order valence-corrected chi connectivity index (χ4v) is 8.01. The minimum absolute atomic E-state index is 0.110. The number of nitrogens with zero attached hydrogens (tertiary/aromatic N) is 1. The second-order valence-corrected chi connectivity index (χ2v) is 13.2. The Morgan fingerprint density at radius 1 is 0.841 bits per heavy atom. The first-order valence-electron chi connectivity index (χ1n) is 16.6. The standard InChI is InChI=1S/C37H44F2N2O3/c38-28-10-6-25(7-11-28)30(26-8-12-29(39)13-9-26)5-4-20-41-21-16-27(17-22-41)34-23-32-31(35(24-40)42-34)14-15-33-36(32)44-37(43-33)18-2-1-3-19-37/h6-15,27,30,34-35H,1-5,16-24,40H2/t34-,35-/m1/s1.